The second kappa shape index (κ2) is 6.94. The number of likely N-dealkylation sites (N-methyl/N-ethyl adjacent to an activating group) is 1. The standard InChI is InChI=1S/C17H25N5/c1-21(2)16(15-6-4-3-5-7-15)12-18-10-14-11-19-17-8-9-20-22(17)13-14/h3-9,14,16,18-19H,10-13H2,1-2H3/t14-,16-/m1/s1. The number of anilines is 1. The third kappa shape index (κ3) is 3.48. The first-order chi connectivity index (χ1) is 10.7. The number of hydrogen-bond acceptors (Lipinski definition) is 4. The molecule has 22 heavy (non-hydrogen) atoms. The molecule has 1 aliphatic rings. The lowest BCUT2D eigenvalue weighted by Gasteiger charge is -2.28. The lowest BCUT2D eigenvalue weighted by atomic mass is 10.0. The molecule has 1 aromatic heterocycles. The first-order valence-corrected chi connectivity index (χ1v) is 7.92. The zero-order valence-corrected chi connectivity index (χ0v) is 13.4. The van der Waals surface area contributed by atoms with Crippen LogP contribution in [0.4, 0.5) is 5.82 Å². The van der Waals surface area contributed by atoms with E-state index in [1.807, 2.05) is 12.3 Å². The topological polar surface area (TPSA) is 45.1 Å². The summed E-state index contributed by atoms with van der Waals surface area (Å²) in [7, 11) is 4.27. The van der Waals surface area contributed by atoms with Crippen LogP contribution < -0.4 is 10.6 Å². The summed E-state index contributed by atoms with van der Waals surface area (Å²) in [5.74, 6) is 1.71. The zero-order chi connectivity index (χ0) is 15.4. The summed E-state index contributed by atoms with van der Waals surface area (Å²) in [5, 5.41) is 11.4. The highest BCUT2D eigenvalue weighted by molar-refractivity contribution is 5.35. The minimum atomic E-state index is 0.401. The normalized spacial score (nSPS) is 18.8. The lowest BCUT2D eigenvalue weighted by molar-refractivity contribution is 0.279. The van der Waals surface area contributed by atoms with Crippen LogP contribution in [0.15, 0.2) is 42.6 Å². The van der Waals surface area contributed by atoms with Gasteiger partial charge in [-0.05, 0) is 19.7 Å². The van der Waals surface area contributed by atoms with Crippen LogP contribution in [0.1, 0.15) is 11.6 Å². The van der Waals surface area contributed by atoms with Gasteiger partial charge >= 0.3 is 0 Å². The Labute approximate surface area is 132 Å². The van der Waals surface area contributed by atoms with Gasteiger partial charge in [0.05, 0.1) is 6.20 Å². The molecular formula is C17H25N5. The molecular weight excluding hydrogens is 274 g/mol. The molecule has 1 aromatic carbocycles. The van der Waals surface area contributed by atoms with Crippen molar-refractivity contribution in [1.29, 1.82) is 0 Å². The van der Waals surface area contributed by atoms with E-state index >= 15 is 0 Å². The second-order valence-corrected chi connectivity index (χ2v) is 6.19. The Morgan fingerprint density at radius 3 is 2.91 bits per heavy atom. The smallest absolute Gasteiger partial charge is 0.124 e. The van der Waals surface area contributed by atoms with E-state index in [-0.39, 0.29) is 0 Å². The van der Waals surface area contributed by atoms with Crippen molar-refractivity contribution in [3.63, 3.8) is 0 Å². The molecule has 2 N–H and O–H groups in total. The highest BCUT2D eigenvalue weighted by atomic mass is 15.3. The molecule has 2 heterocycles. The molecule has 0 aliphatic carbocycles. The fourth-order valence-electron chi connectivity index (χ4n) is 3.02. The fraction of sp³-hybridized carbons (Fsp3) is 0.471. The lowest BCUT2D eigenvalue weighted by Crippen LogP contribution is -2.38. The van der Waals surface area contributed by atoms with E-state index in [9.17, 15) is 0 Å². The van der Waals surface area contributed by atoms with Crippen molar-refractivity contribution in [3.8, 4) is 0 Å². The average Bonchev–Trinajstić information content (AvgIpc) is 2.99. The Hall–Kier alpha value is -1.85. The van der Waals surface area contributed by atoms with E-state index in [1.165, 1.54) is 5.56 Å². The van der Waals surface area contributed by atoms with E-state index in [0.717, 1.165) is 32.0 Å². The van der Waals surface area contributed by atoms with Crippen LogP contribution in [0, 0.1) is 5.92 Å². The summed E-state index contributed by atoms with van der Waals surface area (Å²) in [4.78, 5) is 2.27. The predicted octanol–water partition coefficient (Wildman–Crippen LogP) is 1.82. The van der Waals surface area contributed by atoms with Crippen LogP contribution in [0.3, 0.4) is 0 Å². The molecule has 0 amide bonds. The Kier molecular flexibility index (Phi) is 4.75. The number of fused-ring (bicyclic) bond motifs is 1. The fourth-order valence-corrected chi connectivity index (χ4v) is 3.02. The van der Waals surface area contributed by atoms with E-state index in [2.05, 4.69) is 69.7 Å². The van der Waals surface area contributed by atoms with Gasteiger partial charge in [-0.3, -0.25) is 0 Å². The van der Waals surface area contributed by atoms with Crippen LogP contribution in [0.5, 0.6) is 0 Å². The Morgan fingerprint density at radius 2 is 2.14 bits per heavy atom. The molecule has 0 spiro atoms. The molecule has 0 saturated heterocycles. The molecule has 5 nitrogen and oxygen atoms in total. The molecule has 0 bridgehead atoms. The van der Waals surface area contributed by atoms with E-state index in [0.29, 0.717) is 12.0 Å². The first kappa shape index (κ1) is 15.1. The minimum Gasteiger partial charge on any atom is -0.370 e. The molecule has 2 atom stereocenters. The molecule has 1 aliphatic heterocycles. The van der Waals surface area contributed by atoms with Gasteiger partial charge in [0, 0.05) is 44.2 Å². The number of benzene rings is 1. The van der Waals surface area contributed by atoms with Crippen molar-refractivity contribution in [2.45, 2.75) is 12.6 Å². The Morgan fingerprint density at radius 1 is 1.32 bits per heavy atom. The zero-order valence-electron chi connectivity index (χ0n) is 13.4. The molecule has 3 rings (SSSR count). The SMILES string of the molecule is CN(C)[C@H](CNC[C@@H]1CNc2ccnn2C1)c1ccccc1. The Balaban J connectivity index is 1.51. The summed E-state index contributed by atoms with van der Waals surface area (Å²) in [5.41, 5.74) is 1.36. The average molecular weight is 299 g/mol. The molecule has 5 heteroatoms. The maximum absolute atomic E-state index is 4.34. The van der Waals surface area contributed by atoms with Crippen LogP contribution in [-0.2, 0) is 6.54 Å². The number of aromatic nitrogens is 2. The summed E-state index contributed by atoms with van der Waals surface area (Å²) in [6, 6.07) is 13.1. The molecule has 0 unspecified atom stereocenters. The van der Waals surface area contributed by atoms with Crippen molar-refractivity contribution in [1.82, 2.24) is 20.0 Å². The van der Waals surface area contributed by atoms with Gasteiger partial charge in [0.25, 0.3) is 0 Å². The number of nitrogens with one attached hydrogen (secondary N) is 2. The van der Waals surface area contributed by atoms with Gasteiger partial charge in [0.2, 0.25) is 0 Å². The number of nitrogens with zero attached hydrogens (tertiary/aromatic N) is 3. The first-order valence-electron chi connectivity index (χ1n) is 7.92. The van der Waals surface area contributed by atoms with Gasteiger partial charge in [0.1, 0.15) is 5.82 Å². The Bertz CT molecular complexity index is 578. The monoisotopic (exact) mass is 299 g/mol. The second-order valence-electron chi connectivity index (χ2n) is 6.19. The van der Waals surface area contributed by atoms with E-state index in [4.69, 9.17) is 0 Å². The van der Waals surface area contributed by atoms with Crippen molar-refractivity contribution in [2.24, 2.45) is 5.92 Å². The predicted molar refractivity (Wildman–Crippen MR) is 89.9 cm³/mol. The molecule has 0 radical (unpaired) electrons. The van der Waals surface area contributed by atoms with Crippen molar-refractivity contribution >= 4 is 5.82 Å². The highest BCUT2D eigenvalue weighted by Gasteiger charge is 2.19. The van der Waals surface area contributed by atoms with Crippen LogP contribution in [0.2, 0.25) is 0 Å². The summed E-state index contributed by atoms with van der Waals surface area (Å²) < 4.78 is 2.05. The summed E-state index contributed by atoms with van der Waals surface area (Å²) >= 11 is 0. The van der Waals surface area contributed by atoms with E-state index < -0.39 is 0 Å². The highest BCUT2D eigenvalue weighted by Crippen LogP contribution is 2.18. The molecule has 0 saturated carbocycles. The molecule has 2 aromatic rings. The van der Waals surface area contributed by atoms with Gasteiger partial charge in [0.15, 0.2) is 0 Å². The number of rotatable bonds is 6. The van der Waals surface area contributed by atoms with E-state index in [1.54, 1.807) is 0 Å². The molecule has 0 fully saturated rings. The van der Waals surface area contributed by atoms with Gasteiger partial charge in [-0.15, -0.1) is 0 Å². The van der Waals surface area contributed by atoms with Crippen molar-refractivity contribution in [2.75, 3.05) is 39.0 Å². The maximum atomic E-state index is 4.34. The van der Waals surface area contributed by atoms with Crippen molar-refractivity contribution in [3.05, 3.63) is 48.2 Å². The van der Waals surface area contributed by atoms with Gasteiger partial charge in [-0.2, -0.15) is 5.10 Å². The quantitative estimate of drug-likeness (QED) is 0.854. The molecule has 118 valence electrons. The summed E-state index contributed by atoms with van der Waals surface area (Å²) in [6.07, 6.45) is 1.86. The summed E-state index contributed by atoms with van der Waals surface area (Å²) in [6.45, 7) is 3.96. The van der Waals surface area contributed by atoms with Gasteiger partial charge in [-0.25, -0.2) is 4.68 Å². The third-order valence-electron chi connectivity index (χ3n) is 4.30. The van der Waals surface area contributed by atoms with Crippen LogP contribution >= 0.6 is 0 Å². The number of hydrogen-bond donors (Lipinski definition) is 2. The maximum Gasteiger partial charge on any atom is 0.124 e. The van der Waals surface area contributed by atoms with Gasteiger partial charge < -0.3 is 15.5 Å². The largest absolute Gasteiger partial charge is 0.370 e. The van der Waals surface area contributed by atoms with Gasteiger partial charge in [-0.1, -0.05) is 30.3 Å². The third-order valence-corrected chi connectivity index (χ3v) is 4.30. The van der Waals surface area contributed by atoms with Crippen LogP contribution in [-0.4, -0.2) is 48.4 Å². The van der Waals surface area contributed by atoms with Crippen molar-refractivity contribution < 1.29 is 0 Å². The van der Waals surface area contributed by atoms with Crippen LogP contribution in [0.25, 0.3) is 0 Å². The minimum absolute atomic E-state index is 0.401.